The van der Waals surface area contributed by atoms with Gasteiger partial charge in [-0.3, -0.25) is 0 Å². The zero-order chi connectivity index (χ0) is 16.9. The molecule has 0 fully saturated rings. The lowest BCUT2D eigenvalue weighted by molar-refractivity contribution is -0.134. The molecule has 0 unspecified atom stereocenters. The van der Waals surface area contributed by atoms with E-state index in [1.807, 2.05) is 0 Å². The van der Waals surface area contributed by atoms with Crippen LogP contribution in [0.1, 0.15) is 11.1 Å². The maximum absolute atomic E-state index is 13.7. The highest BCUT2D eigenvalue weighted by molar-refractivity contribution is 5.64. The number of halogens is 4. The second-order valence-corrected chi connectivity index (χ2v) is 4.61. The first kappa shape index (κ1) is 18.3. The Morgan fingerprint density at radius 2 is 1.77 bits per heavy atom. The molecule has 1 aromatic rings. The number of aryl methyl sites for hydroxylation is 1. The molecule has 9 heteroatoms. The van der Waals surface area contributed by atoms with Crippen molar-refractivity contribution in [2.75, 3.05) is 31.2 Å². The van der Waals surface area contributed by atoms with Gasteiger partial charge in [-0.2, -0.15) is 8.78 Å². The van der Waals surface area contributed by atoms with Crippen molar-refractivity contribution in [2.45, 2.75) is 19.3 Å². The van der Waals surface area contributed by atoms with Gasteiger partial charge in [0.05, 0.1) is 18.8 Å². The van der Waals surface area contributed by atoms with Crippen LogP contribution in [0, 0.1) is 11.8 Å². The highest BCUT2D eigenvalue weighted by Crippen LogP contribution is 2.43. The van der Waals surface area contributed by atoms with E-state index in [2.05, 4.69) is 5.18 Å². The summed E-state index contributed by atoms with van der Waals surface area (Å²) in [5.41, 5.74) is -1.82. The summed E-state index contributed by atoms with van der Waals surface area (Å²) in [6.45, 7) is 0.656. The van der Waals surface area contributed by atoms with E-state index in [9.17, 15) is 22.5 Å². The molecule has 0 aromatic heterocycles. The summed E-state index contributed by atoms with van der Waals surface area (Å²) in [5, 5.41) is 20.3. The number of rotatable bonds is 8. The van der Waals surface area contributed by atoms with Crippen LogP contribution >= 0.6 is 0 Å². The molecule has 0 aliphatic heterocycles. The third kappa shape index (κ3) is 3.72. The molecule has 0 bridgehead atoms. The van der Waals surface area contributed by atoms with E-state index in [1.165, 1.54) is 17.9 Å². The molecule has 0 aliphatic rings. The number of aliphatic hydroxyl groups is 2. The minimum Gasteiger partial charge on any atom is -0.395 e. The van der Waals surface area contributed by atoms with E-state index in [4.69, 9.17) is 10.2 Å². The lowest BCUT2D eigenvalue weighted by Gasteiger charge is -2.26. The fraction of sp³-hybridized carbons (Fsp3) is 0.538. The van der Waals surface area contributed by atoms with Crippen LogP contribution in [0.25, 0.3) is 0 Å². The van der Waals surface area contributed by atoms with Gasteiger partial charge in [-0.25, -0.2) is 8.78 Å². The average molecular weight is 324 g/mol. The molecule has 0 saturated heterocycles. The van der Waals surface area contributed by atoms with Crippen LogP contribution in [0.5, 0.6) is 0 Å². The Hall–Kier alpha value is -1.74. The highest BCUT2D eigenvalue weighted by atomic mass is 19.3. The maximum atomic E-state index is 13.7. The number of hydrogen-bond donors (Lipinski definition) is 2. The van der Waals surface area contributed by atoms with Gasteiger partial charge in [-0.1, -0.05) is 0 Å². The van der Waals surface area contributed by atoms with Crippen LogP contribution in [0.15, 0.2) is 17.3 Å². The van der Waals surface area contributed by atoms with Crippen molar-refractivity contribution in [3.63, 3.8) is 0 Å². The first-order chi connectivity index (χ1) is 10.3. The minimum absolute atomic E-state index is 0.00343. The average Bonchev–Trinajstić information content (AvgIpc) is 2.45. The lowest BCUT2D eigenvalue weighted by Crippen LogP contribution is -2.31. The molecule has 5 nitrogen and oxygen atoms in total. The molecular weight excluding hydrogens is 308 g/mol. The Kier molecular flexibility index (Phi) is 6.24. The number of nitroso groups, excluding NO2 is 1. The summed E-state index contributed by atoms with van der Waals surface area (Å²) in [6.07, 6.45) is -3.99. The Bertz CT molecular complexity index is 520. The van der Waals surface area contributed by atoms with E-state index in [-0.39, 0.29) is 37.6 Å². The molecule has 1 aromatic carbocycles. The predicted molar refractivity (Wildman–Crippen MR) is 72.9 cm³/mol. The molecule has 0 radical (unpaired) electrons. The third-order valence-corrected chi connectivity index (χ3v) is 3.11. The molecule has 0 atom stereocenters. The van der Waals surface area contributed by atoms with Gasteiger partial charge in [0, 0.05) is 18.8 Å². The largest absolute Gasteiger partial charge is 0.395 e. The van der Waals surface area contributed by atoms with Crippen LogP contribution < -0.4 is 4.90 Å². The topological polar surface area (TPSA) is 73.1 Å². The first-order valence-corrected chi connectivity index (χ1v) is 6.40. The second kappa shape index (κ2) is 7.50. The Labute approximate surface area is 124 Å². The molecule has 22 heavy (non-hydrogen) atoms. The van der Waals surface area contributed by atoms with Crippen molar-refractivity contribution in [3.8, 4) is 0 Å². The molecular formula is C13H16F4N2O3. The Morgan fingerprint density at radius 1 is 1.23 bits per heavy atom. The van der Waals surface area contributed by atoms with Crippen LogP contribution in [0.4, 0.5) is 28.9 Å². The summed E-state index contributed by atoms with van der Waals surface area (Å²) >= 11 is 0. The van der Waals surface area contributed by atoms with E-state index < -0.39 is 23.6 Å². The van der Waals surface area contributed by atoms with Gasteiger partial charge in [-0.05, 0) is 29.8 Å². The number of nitrogens with zero attached hydrogens (tertiary/aromatic N) is 2. The van der Waals surface area contributed by atoms with Gasteiger partial charge in [0.1, 0.15) is 5.69 Å². The number of anilines is 1. The van der Waals surface area contributed by atoms with Gasteiger partial charge in [0.25, 0.3) is 0 Å². The van der Waals surface area contributed by atoms with Crippen molar-refractivity contribution in [2.24, 2.45) is 5.18 Å². The summed E-state index contributed by atoms with van der Waals surface area (Å²) in [4.78, 5) is 12.1. The quantitative estimate of drug-likeness (QED) is 0.569. The number of benzene rings is 1. The van der Waals surface area contributed by atoms with Crippen molar-refractivity contribution < 1.29 is 27.8 Å². The van der Waals surface area contributed by atoms with E-state index in [0.29, 0.717) is 0 Å². The maximum Gasteiger partial charge on any atom is 0.334 e. The van der Waals surface area contributed by atoms with Gasteiger partial charge in [0.2, 0.25) is 0 Å². The number of hydrogen-bond acceptors (Lipinski definition) is 5. The second-order valence-electron chi connectivity index (χ2n) is 4.61. The van der Waals surface area contributed by atoms with Gasteiger partial charge in [0.15, 0.2) is 0 Å². The Balaban J connectivity index is 3.45. The number of aliphatic hydroxyl groups excluding tert-OH is 2. The molecule has 0 aliphatic carbocycles. The third-order valence-electron chi connectivity index (χ3n) is 3.11. The zero-order valence-electron chi connectivity index (χ0n) is 11.8. The van der Waals surface area contributed by atoms with Crippen molar-refractivity contribution in [1.29, 1.82) is 0 Å². The normalized spacial score (nSPS) is 11.8. The first-order valence-electron chi connectivity index (χ1n) is 6.40. The smallest absolute Gasteiger partial charge is 0.334 e. The minimum atomic E-state index is -4.53. The molecule has 124 valence electrons. The summed E-state index contributed by atoms with van der Waals surface area (Å²) < 4.78 is 52.5. The predicted octanol–water partition coefficient (Wildman–Crippen LogP) is 2.54. The summed E-state index contributed by atoms with van der Waals surface area (Å²) in [5.74, 6) is -4.53. The van der Waals surface area contributed by atoms with Gasteiger partial charge < -0.3 is 15.1 Å². The van der Waals surface area contributed by atoms with Crippen molar-refractivity contribution >= 4 is 11.4 Å². The van der Waals surface area contributed by atoms with Crippen LogP contribution in [-0.2, 0) is 5.92 Å². The van der Waals surface area contributed by atoms with Crippen molar-refractivity contribution in [3.05, 3.63) is 28.2 Å². The van der Waals surface area contributed by atoms with E-state index >= 15 is 0 Å². The fourth-order valence-corrected chi connectivity index (χ4v) is 2.05. The van der Waals surface area contributed by atoms with E-state index in [0.717, 1.165) is 6.07 Å². The summed E-state index contributed by atoms with van der Waals surface area (Å²) in [6, 6.07) is 2.05. The summed E-state index contributed by atoms with van der Waals surface area (Å²) in [7, 11) is 0. The standard InChI is InChI=1S/C13H16F4N2O3/c1-8-6-9(19(2-4-20)3-5-21)7-10(11(8)18-22)13(16,17)12(14)15/h6-7,12,20-21H,2-5H2,1H3. The molecule has 2 N–H and O–H groups in total. The van der Waals surface area contributed by atoms with Crippen LogP contribution in [0.2, 0.25) is 0 Å². The lowest BCUT2D eigenvalue weighted by atomic mass is 10.0. The Morgan fingerprint density at radius 3 is 2.18 bits per heavy atom. The monoisotopic (exact) mass is 324 g/mol. The zero-order valence-corrected chi connectivity index (χ0v) is 11.8. The fourth-order valence-electron chi connectivity index (χ4n) is 2.05. The molecule has 0 heterocycles. The van der Waals surface area contributed by atoms with Crippen molar-refractivity contribution in [1.82, 2.24) is 0 Å². The SMILES string of the molecule is Cc1cc(N(CCO)CCO)cc(C(F)(F)C(F)F)c1N=O. The van der Waals surface area contributed by atoms with E-state index in [1.54, 1.807) is 0 Å². The van der Waals surface area contributed by atoms with Crippen LogP contribution in [-0.4, -0.2) is 42.9 Å². The molecule has 0 spiro atoms. The van der Waals surface area contributed by atoms with Gasteiger partial charge >= 0.3 is 12.3 Å². The number of alkyl halides is 4. The highest BCUT2D eigenvalue weighted by Gasteiger charge is 2.45. The molecule has 1 rings (SSSR count). The molecule has 0 amide bonds. The molecule has 0 saturated carbocycles. The van der Waals surface area contributed by atoms with Crippen LogP contribution in [0.3, 0.4) is 0 Å². The van der Waals surface area contributed by atoms with Gasteiger partial charge in [-0.15, -0.1) is 4.91 Å².